The van der Waals surface area contributed by atoms with Crippen molar-refractivity contribution in [3.05, 3.63) is 87.4 Å². The van der Waals surface area contributed by atoms with Gasteiger partial charge < -0.3 is 10.1 Å². The summed E-state index contributed by atoms with van der Waals surface area (Å²) in [6.45, 7) is -0.819. The third-order valence-electron chi connectivity index (χ3n) is 4.10. The van der Waals surface area contributed by atoms with Gasteiger partial charge in [0.1, 0.15) is 11.6 Å². The van der Waals surface area contributed by atoms with Crippen LogP contribution in [-0.4, -0.2) is 26.9 Å². The number of sulfonamides is 1. The van der Waals surface area contributed by atoms with Gasteiger partial charge in [0.15, 0.2) is 6.61 Å². The summed E-state index contributed by atoms with van der Waals surface area (Å²) >= 11 is 9.24. The molecule has 7 nitrogen and oxygen atoms in total. The van der Waals surface area contributed by atoms with Crippen molar-refractivity contribution < 1.29 is 31.5 Å². The lowest BCUT2D eigenvalue weighted by Gasteiger charge is -2.11. The third kappa shape index (κ3) is 6.50. The zero-order valence-electron chi connectivity index (χ0n) is 16.4. The van der Waals surface area contributed by atoms with Gasteiger partial charge in [-0.15, -0.1) is 0 Å². The van der Waals surface area contributed by atoms with E-state index in [9.17, 15) is 26.8 Å². The van der Waals surface area contributed by atoms with Gasteiger partial charge in [-0.2, -0.15) is 0 Å². The van der Waals surface area contributed by atoms with Gasteiger partial charge in [-0.3, -0.25) is 9.52 Å². The number of benzene rings is 3. The molecule has 0 aromatic heterocycles. The second-order valence-corrected chi connectivity index (χ2v) is 9.51. The molecule has 2 N–H and O–H groups in total. The van der Waals surface area contributed by atoms with Gasteiger partial charge in [0.05, 0.1) is 21.2 Å². The van der Waals surface area contributed by atoms with Gasteiger partial charge >= 0.3 is 5.97 Å². The Hall–Kier alpha value is -3.02. The molecule has 0 saturated carbocycles. The van der Waals surface area contributed by atoms with Crippen molar-refractivity contribution in [3.63, 3.8) is 0 Å². The largest absolute Gasteiger partial charge is 0.452 e. The number of amides is 1. The van der Waals surface area contributed by atoms with Gasteiger partial charge in [-0.05, 0) is 54.6 Å². The van der Waals surface area contributed by atoms with Gasteiger partial charge in [0, 0.05) is 16.2 Å². The van der Waals surface area contributed by atoms with Crippen LogP contribution in [0.1, 0.15) is 10.4 Å². The molecule has 3 aromatic carbocycles. The number of hydrogen-bond donors (Lipinski definition) is 2. The van der Waals surface area contributed by atoms with Crippen molar-refractivity contribution in [2.75, 3.05) is 16.6 Å². The number of rotatable bonds is 7. The molecule has 1 amide bonds. The zero-order valence-corrected chi connectivity index (χ0v) is 19.6. The Morgan fingerprint density at radius 3 is 2.36 bits per heavy atom. The molecule has 3 aromatic rings. The number of anilines is 2. The van der Waals surface area contributed by atoms with E-state index in [0.717, 1.165) is 22.7 Å². The number of esters is 1. The molecule has 0 spiro atoms. The van der Waals surface area contributed by atoms with E-state index in [4.69, 9.17) is 16.3 Å². The number of halogens is 4. The van der Waals surface area contributed by atoms with Crippen molar-refractivity contribution in [3.8, 4) is 0 Å². The van der Waals surface area contributed by atoms with Crippen molar-refractivity contribution in [1.82, 2.24) is 0 Å². The minimum absolute atomic E-state index is 0.104. The summed E-state index contributed by atoms with van der Waals surface area (Å²) in [4.78, 5) is 24.0. The van der Waals surface area contributed by atoms with Crippen LogP contribution in [0.4, 0.5) is 20.2 Å². The first-order valence-corrected chi connectivity index (χ1v) is 11.7. The molecule has 0 atom stereocenters. The molecule has 0 bridgehead atoms. The lowest BCUT2D eigenvalue weighted by atomic mass is 10.2. The topological polar surface area (TPSA) is 102 Å². The van der Waals surface area contributed by atoms with Crippen molar-refractivity contribution in [2.24, 2.45) is 0 Å². The van der Waals surface area contributed by atoms with E-state index in [1.54, 1.807) is 12.1 Å². The summed E-state index contributed by atoms with van der Waals surface area (Å²) in [6.07, 6.45) is 0. The molecule has 0 unspecified atom stereocenters. The zero-order chi connectivity index (χ0) is 24.2. The lowest BCUT2D eigenvalue weighted by Crippen LogP contribution is -2.22. The molecule has 12 heteroatoms. The maximum atomic E-state index is 13.6. The van der Waals surface area contributed by atoms with Crippen LogP contribution in [0, 0.1) is 11.6 Å². The summed E-state index contributed by atoms with van der Waals surface area (Å²) in [5, 5.41) is 2.02. The molecule has 3 rings (SSSR count). The summed E-state index contributed by atoms with van der Waals surface area (Å²) in [6, 6.07) is 12.3. The molecule has 0 aliphatic carbocycles. The van der Waals surface area contributed by atoms with E-state index in [1.165, 1.54) is 24.3 Å². The standard InChI is InChI=1S/C21H14BrClF2N2O5S/c22-12-1-4-14(5-2-12)27-33(30,31)15-6-7-17(23)16(10-15)21(29)32-11-20(28)26-19-8-3-13(24)9-18(19)25/h1-10,27H,11H2,(H,26,28). The molecule has 0 saturated heterocycles. The first kappa shape index (κ1) is 24.6. The molecule has 0 aliphatic heterocycles. The quantitative estimate of drug-likeness (QED) is 0.398. The number of nitrogens with one attached hydrogen (secondary N) is 2. The first-order valence-electron chi connectivity index (χ1n) is 9.05. The Labute approximate surface area is 200 Å². The molecular weight excluding hydrogens is 546 g/mol. The summed E-state index contributed by atoms with van der Waals surface area (Å²) in [7, 11) is -4.06. The SMILES string of the molecule is O=C(COC(=O)c1cc(S(=O)(=O)Nc2ccc(Br)cc2)ccc1Cl)Nc1ccc(F)cc1F. The second kappa shape index (κ2) is 10.3. The van der Waals surface area contributed by atoms with Crippen LogP contribution in [-0.2, 0) is 19.6 Å². The van der Waals surface area contributed by atoms with E-state index in [1.807, 2.05) is 0 Å². The Morgan fingerprint density at radius 1 is 1.00 bits per heavy atom. The lowest BCUT2D eigenvalue weighted by molar-refractivity contribution is -0.119. The summed E-state index contributed by atoms with van der Waals surface area (Å²) < 4.78 is 59.8. The minimum Gasteiger partial charge on any atom is -0.452 e. The fourth-order valence-electron chi connectivity index (χ4n) is 2.55. The van der Waals surface area contributed by atoms with E-state index < -0.39 is 40.1 Å². The summed E-state index contributed by atoms with van der Waals surface area (Å²) in [5.74, 6) is -3.80. The number of ether oxygens (including phenoxy) is 1. The Balaban J connectivity index is 1.69. The molecule has 172 valence electrons. The first-order chi connectivity index (χ1) is 15.5. The van der Waals surface area contributed by atoms with E-state index in [2.05, 4.69) is 26.0 Å². The Morgan fingerprint density at radius 2 is 1.70 bits per heavy atom. The average molecular weight is 560 g/mol. The highest BCUT2D eigenvalue weighted by Crippen LogP contribution is 2.24. The number of hydrogen-bond acceptors (Lipinski definition) is 5. The highest BCUT2D eigenvalue weighted by Gasteiger charge is 2.21. The monoisotopic (exact) mass is 558 g/mol. The van der Waals surface area contributed by atoms with Crippen LogP contribution < -0.4 is 10.0 Å². The third-order valence-corrected chi connectivity index (χ3v) is 6.34. The van der Waals surface area contributed by atoms with Crippen LogP contribution in [0.5, 0.6) is 0 Å². The normalized spacial score (nSPS) is 11.0. The van der Waals surface area contributed by atoms with Crippen molar-refractivity contribution in [2.45, 2.75) is 4.90 Å². The minimum atomic E-state index is -4.06. The Bertz CT molecular complexity index is 1320. The van der Waals surface area contributed by atoms with E-state index in [-0.39, 0.29) is 21.2 Å². The van der Waals surface area contributed by atoms with E-state index in [0.29, 0.717) is 11.8 Å². The smallest absolute Gasteiger partial charge is 0.340 e. The van der Waals surface area contributed by atoms with Crippen LogP contribution in [0.2, 0.25) is 5.02 Å². The van der Waals surface area contributed by atoms with Crippen LogP contribution in [0.15, 0.2) is 70.0 Å². The predicted molar refractivity (Wildman–Crippen MR) is 122 cm³/mol. The van der Waals surface area contributed by atoms with Crippen molar-refractivity contribution in [1.29, 1.82) is 0 Å². The highest BCUT2D eigenvalue weighted by atomic mass is 79.9. The van der Waals surface area contributed by atoms with Crippen LogP contribution in [0.3, 0.4) is 0 Å². The number of carbonyl (C=O) groups is 2. The summed E-state index contributed by atoms with van der Waals surface area (Å²) in [5.41, 5.74) is -0.305. The fraction of sp³-hybridized carbons (Fsp3) is 0.0476. The van der Waals surface area contributed by atoms with E-state index >= 15 is 0 Å². The molecule has 33 heavy (non-hydrogen) atoms. The average Bonchev–Trinajstić information content (AvgIpc) is 2.75. The number of carbonyl (C=O) groups excluding carboxylic acids is 2. The van der Waals surface area contributed by atoms with Crippen LogP contribution >= 0.6 is 27.5 Å². The highest BCUT2D eigenvalue weighted by molar-refractivity contribution is 9.10. The molecule has 0 radical (unpaired) electrons. The maximum Gasteiger partial charge on any atom is 0.340 e. The molecule has 0 heterocycles. The van der Waals surface area contributed by atoms with Gasteiger partial charge in [0.2, 0.25) is 0 Å². The van der Waals surface area contributed by atoms with Gasteiger partial charge in [0.25, 0.3) is 15.9 Å². The fourth-order valence-corrected chi connectivity index (χ4v) is 4.09. The van der Waals surface area contributed by atoms with Crippen LogP contribution in [0.25, 0.3) is 0 Å². The predicted octanol–water partition coefficient (Wildman–Crippen LogP) is 4.98. The van der Waals surface area contributed by atoms with Gasteiger partial charge in [-0.1, -0.05) is 27.5 Å². The Kier molecular flexibility index (Phi) is 7.67. The molecule has 0 fully saturated rings. The van der Waals surface area contributed by atoms with Crippen molar-refractivity contribution >= 4 is 60.8 Å². The molecule has 0 aliphatic rings. The molecular formula is C21H14BrClF2N2O5S. The maximum absolute atomic E-state index is 13.6. The second-order valence-electron chi connectivity index (χ2n) is 6.50. The van der Waals surface area contributed by atoms with Gasteiger partial charge in [-0.25, -0.2) is 22.0 Å².